The third-order valence-electron chi connectivity index (χ3n) is 3.56. The molecule has 2 atom stereocenters. The molecule has 104 valence electrons. The number of hydrogen-bond donors (Lipinski definition) is 2. The van der Waals surface area contributed by atoms with Crippen molar-refractivity contribution in [3.8, 4) is 5.75 Å². The molecule has 0 aromatic heterocycles. The SMILES string of the molecule is CC(CCN)CNC(=O)C1CCOc2ccccc21. The van der Waals surface area contributed by atoms with Gasteiger partial charge in [0.15, 0.2) is 0 Å². The number of carbonyl (C=O) groups is 1. The highest BCUT2D eigenvalue weighted by Gasteiger charge is 2.27. The predicted molar refractivity (Wildman–Crippen MR) is 75.1 cm³/mol. The average Bonchev–Trinajstić information content (AvgIpc) is 2.44. The summed E-state index contributed by atoms with van der Waals surface area (Å²) in [5.74, 6) is 1.27. The lowest BCUT2D eigenvalue weighted by Gasteiger charge is -2.25. The number of hydrogen-bond acceptors (Lipinski definition) is 3. The van der Waals surface area contributed by atoms with Gasteiger partial charge in [-0.05, 0) is 31.4 Å². The molecule has 1 aliphatic rings. The number of amides is 1. The number of fused-ring (bicyclic) bond motifs is 1. The number of nitrogens with one attached hydrogen (secondary N) is 1. The quantitative estimate of drug-likeness (QED) is 0.848. The minimum atomic E-state index is -0.0879. The van der Waals surface area contributed by atoms with Crippen LogP contribution in [0.25, 0.3) is 0 Å². The molecule has 1 aromatic carbocycles. The molecule has 0 saturated carbocycles. The first-order chi connectivity index (χ1) is 9.22. The fraction of sp³-hybridized carbons (Fsp3) is 0.533. The minimum Gasteiger partial charge on any atom is -0.493 e. The van der Waals surface area contributed by atoms with E-state index in [9.17, 15) is 4.79 Å². The Labute approximate surface area is 114 Å². The zero-order valence-electron chi connectivity index (χ0n) is 11.4. The summed E-state index contributed by atoms with van der Waals surface area (Å²) in [6, 6.07) is 7.78. The molecular weight excluding hydrogens is 240 g/mol. The molecule has 2 rings (SSSR count). The fourth-order valence-corrected chi connectivity index (χ4v) is 2.40. The molecule has 0 bridgehead atoms. The van der Waals surface area contributed by atoms with E-state index in [1.54, 1.807) is 0 Å². The molecule has 2 unspecified atom stereocenters. The molecule has 0 radical (unpaired) electrons. The summed E-state index contributed by atoms with van der Waals surface area (Å²) in [6.07, 6.45) is 1.68. The number of ether oxygens (including phenoxy) is 1. The van der Waals surface area contributed by atoms with Gasteiger partial charge in [-0.2, -0.15) is 0 Å². The Hall–Kier alpha value is -1.55. The molecule has 1 amide bonds. The first kappa shape index (κ1) is 13.9. The zero-order valence-corrected chi connectivity index (χ0v) is 11.4. The second-order valence-electron chi connectivity index (χ2n) is 5.16. The van der Waals surface area contributed by atoms with Crippen molar-refractivity contribution in [2.75, 3.05) is 19.7 Å². The van der Waals surface area contributed by atoms with Gasteiger partial charge >= 0.3 is 0 Å². The first-order valence-corrected chi connectivity index (χ1v) is 6.92. The van der Waals surface area contributed by atoms with Crippen molar-refractivity contribution >= 4 is 5.91 Å². The van der Waals surface area contributed by atoms with E-state index < -0.39 is 0 Å². The third kappa shape index (κ3) is 3.47. The van der Waals surface area contributed by atoms with Gasteiger partial charge in [0.1, 0.15) is 5.75 Å². The normalized spacial score (nSPS) is 19.2. The summed E-state index contributed by atoms with van der Waals surface area (Å²) >= 11 is 0. The largest absolute Gasteiger partial charge is 0.493 e. The lowest BCUT2D eigenvalue weighted by atomic mass is 9.92. The Morgan fingerprint density at radius 1 is 1.53 bits per heavy atom. The van der Waals surface area contributed by atoms with Crippen molar-refractivity contribution in [1.82, 2.24) is 5.32 Å². The van der Waals surface area contributed by atoms with Gasteiger partial charge in [-0.1, -0.05) is 25.1 Å². The Morgan fingerprint density at radius 2 is 2.32 bits per heavy atom. The monoisotopic (exact) mass is 262 g/mol. The van der Waals surface area contributed by atoms with Gasteiger partial charge in [-0.25, -0.2) is 0 Å². The standard InChI is InChI=1S/C15H22N2O2/c1-11(6-8-16)10-17-15(18)13-7-9-19-14-5-3-2-4-12(13)14/h2-5,11,13H,6-10,16H2,1H3,(H,17,18). The Kier molecular flexibility index (Phi) is 4.80. The number of nitrogens with two attached hydrogens (primary N) is 1. The third-order valence-corrected chi connectivity index (χ3v) is 3.56. The van der Waals surface area contributed by atoms with Gasteiger partial charge < -0.3 is 15.8 Å². The highest BCUT2D eigenvalue weighted by molar-refractivity contribution is 5.84. The maximum Gasteiger partial charge on any atom is 0.227 e. The van der Waals surface area contributed by atoms with Crippen molar-refractivity contribution in [3.05, 3.63) is 29.8 Å². The summed E-state index contributed by atoms with van der Waals surface area (Å²) in [5.41, 5.74) is 6.51. The molecule has 4 nitrogen and oxygen atoms in total. The van der Waals surface area contributed by atoms with Crippen molar-refractivity contribution in [2.24, 2.45) is 11.7 Å². The average molecular weight is 262 g/mol. The molecular formula is C15H22N2O2. The molecule has 0 fully saturated rings. The molecule has 0 aliphatic carbocycles. The molecule has 0 saturated heterocycles. The van der Waals surface area contributed by atoms with E-state index in [1.807, 2.05) is 24.3 Å². The van der Waals surface area contributed by atoms with Crippen molar-refractivity contribution in [3.63, 3.8) is 0 Å². The van der Waals surface area contributed by atoms with E-state index in [4.69, 9.17) is 10.5 Å². The fourth-order valence-electron chi connectivity index (χ4n) is 2.40. The van der Waals surface area contributed by atoms with Crippen LogP contribution < -0.4 is 15.8 Å². The smallest absolute Gasteiger partial charge is 0.227 e. The molecule has 1 aliphatic heterocycles. The molecule has 1 heterocycles. The topological polar surface area (TPSA) is 64.3 Å². The van der Waals surface area contributed by atoms with Gasteiger partial charge in [-0.3, -0.25) is 4.79 Å². The van der Waals surface area contributed by atoms with Crippen LogP contribution in [0, 0.1) is 5.92 Å². The van der Waals surface area contributed by atoms with Gasteiger partial charge in [-0.15, -0.1) is 0 Å². The number of rotatable bonds is 5. The predicted octanol–water partition coefficient (Wildman–Crippen LogP) is 1.65. The maximum absolute atomic E-state index is 12.3. The molecule has 3 N–H and O–H groups in total. The van der Waals surface area contributed by atoms with E-state index >= 15 is 0 Å². The summed E-state index contributed by atoms with van der Waals surface area (Å²) < 4.78 is 5.57. The highest BCUT2D eigenvalue weighted by Crippen LogP contribution is 2.33. The second-order valence-corrected chi connectivity index (χ2v) is 5.16. The van der Waals surface area contributed by atoms with Crippen LogP contribution in [0.5, 0.6) is 5.75 Å². The van der Waals surface area contributed by atoms with Gasteiger partial charge in [0.05, 0.1) is 12.5 Å². The van der Waals surface area contributed by atoms with Crippen LogP contribution in [0.4, 0.5) is 0 Å². The second kappa shape index (κ2) is 6.57. The summed E-state index contributed by atoms with van der Waals surface area (Å²) in [5, 5.41) is 3.03. The molecule has 4 heteroatoms. The maximum atomic E-state index is 12.3. The minimum absolute atomic E-state index is 0.0879. The van der Waals surface area contributed by atoms with E-state index in [2.05, 4.69) is 12.2 Å². The van der Waals surface area contributed by atoms with Crippen LogP contribution in [0.1, 0.15) is 31.2 Å². The van der Waals surface area contributed by atoms with Gasteiger partial charge in [0.2, 0.25) is 5.91 Å². The highest BCUT2D eigenvalue weighted by atomic mass is 16.5. The Bertz CT molecular complexity index is 434. The first-order valence-electron chi connectivity index (χ1n) is 6.92. The molecule has 19 heavy (non-hydrogen) atoms. The number of benzene rings is 1. The van der Waals surface area contributed by atoms with Crippen LogP contribution in [0.2, 0.25) is 0 Å². The Balaban J connectivity index is 1.97. The van der Waals surface area contributed by atoms with Crippen LogP contribution in [-0.2, 0) is 4.79 Å². The van der Waals surface area contributed by atoms with Crippen LogP contribution in [0.15, 0.2) is 24.3 Å². The van der Waals surface area contributed by atoms with Crippen LogP contribution in [-0.4, -0.2) is 25.6 Å². The molecule has 0 spiro atoms. The zero-order chi connectivity index (χ0) is 13.7. The van der Waals surface area contributed by atoms with E-state index in [-0.39, 0.29) is 11.8 Å². The lowest BCUT2D eigenvalue weighted by molar-refractivity contribution is -0.123. The van der Waals surface area contributed by atoms with Crippen molar-refractivity contribution in [1.29, 1.82) is 0 Å². The number of para-hydroxylation sites is 1. The van der Waals surface area contributed by atoms with Crippen molar-refractivity contribution < 1.29 is 9.53 Å². The number of carbonyl (C=O) groups excluding carboxylic acids is 1. The summed E-state index contributed by atoms with van der Waals surface area (Å²) in [7, 11) is 0. The van der Waals surface area contributed by atoms with E-state index in [1.165, 1.54) is 0 Å². The van der Waals surface area contributed by atoms with Gasteiger partial charge in [0.25, 0.3) is 0 Å². The summed E-state index contributed by atoms with van der Waals surface area (Å²) in [6.45, 7) is 4.06. The van der Waals surface area contributed by atoms with Crippen LogP contribution in [0.3, 0.4) is 0 Å². The van der Waals surface area contributed by atoms with E-state index in [0.29, 0.717) is 25.6 Å². The summed E-state index contributed by atoms with van der Waals surface area (Å²) in [4.78, 5) is 12.3. The van der Waals surface area contributed by atoms with Crippen molar-refractivity contribution in [2.45, 2.75) is 25.7 Å². The molecule has 1 aromatic rings. The van der Waals surface area contributed by atoms with E-state index in [0.717, 1.165) is 24.2 Å². The lowest BCUT2D eigenvalue weighted by Crippen LogP contribution is -2.35. The Morgan fingerprint density at radius 3 is 3.11 bits per heavy atom. The van der Waals surface area contributed by atoms with Gasteiger partial charge in [0, 0.05) is 12.1 Å². The van der Waals surface area contributed by atoms with Crippen LogP contribution >= 0.6 is 0 Å².